The lowest BCUT2D eigenvalue weighted by Crippen LogP contribution is -2.27. The van der Waals surface area contributed by atoms with Gasteiger partial charge in [-0.05, 0) is 55.7 Å². The molecule has 1 aromatic rings. The fourth-order valence-electron chi connectivity index (χ4n) is 2.76. The Kier molecular flexibility index (Phi) is 6.42. The summed E-state index contributed by atoms with van der Waals surface area (Å²) in [4.78, 5) is 0. The van der Waals surface area contributed by atoms with Crippen LogP contribution in [0.2, 0.25) is 0 Å². The van der Waals surface area contributed by atoms with Crippen LogP contribution >= 0.6 is 11.8 Å². The lowest BCUT2D eigenvalue weighted by atomic mass is 9.90. The van der Waals surface area contributed by atoms with E-state index in [9.17, 15) is 13.2 Å². The zero-order chi connectivity index (χ0) is 15.2. The first kappa shape index (κ1) is 16.7. The van der Waals surface area contributed by atoms with E-state index in [1.165, 1.54) is 6.07 Å². The van der Waals surface area contributed by atoms with Crippen LogP contribution in [0.4, 0.5) is 13.2 Å². The maximum atomic E-state index is 14.0. The molecule has 1 unspecified atom stereocenters. The maximum absolute atomic E-state index is 14.0. The average molecular weight is 317 g/mol. The van der Waals surface area contributed by atoms with E-state index in [4.69, 9.17) is 0 Å². The molecule has 0 bridgehead atoms. The van der Waals surface area contributed by atoms with E-state index < -0.39 is 17.5 Å². The smallest absolute Gasteiger partial charge is 0.194 e. The van der Waals surface area contributed by atoms with Gasteiger partial charge in [-0.3, -0.25) is 0 Å². The van der Waals surface area contributed by atoms with E-state index in [2.05, 4.69) is 5.32 Å². The third-order valence-electron chi connectivity index (χ3n) is 3.99. The quantitative estimate of drug-likeness (QED) is 0.765. The van der Waals surface area contributed by atoms with Crippen LogP contribution in [-0.4, -0.2) is 18.1 Å². The Morgan fingerprint density at radius 1 is 1.19 bits per heavy atom. The number of thioether (sulfide) groups is 1. The average Bonchev–Trinajstić information content (AvgIpc) is 2.51. The summed E-state index contributed by atoms with van der Waals surface area (Å²) in [5.74, 6) is -0.756. The largest absolute Gasteiger partial charge is 0.310 e. The van der Waals surface area contributed by atoms with Crippen molar-refractivity contribution in [2.45, 2.75) is 38.6 Å². The van der Waals surface area contributed by atoms with Gasteiger partial charge in [0.15, 0.2) is 17.5 Å². The molecule has 21 heavy (non-hydrogen) atoms. The van der Waals surface area contributed by atoms with Gasteiger partial charge in [-0.15, -0.1) is 0 Å². The summed E-state index contributed by atoms with van der Waals surface area (Å²) in [7, 11) is 0. The number of benzene rings is 1. The van der Waals surface area contributed by atoms with Gasteiger partial charge < -0.3 is 5.32 Å². The van der Waals surface area contributed by atoms with Crippen LogP contribution in [0.15, 0.2) is 12.1 Å². The second kappa shape index (κ2) is 8.08. The van der Waals surface area contributed by atoms with Crippen molar-refractivity contribution in [3.05, 3.63) is 35.1 Å². The molecule has 0 radical (unpaired) electrons. The standard InChI is InChI=1S/C16H22F3NS/c1-2-7-20-14(10-11-5-8-21-9-6-11)12-3-4-13(17)16(19)15(12)18/h3-4,11,14,20H,2,5-10H2,1H3. The molecule has 2 rings (SSSR count). The zero-order valence-electron chi connectivity index (χ0n) is 12.3. The van der Waals surface area contributed by atoms with Gasteiger partial charge in [-0.2, -0.15) is 11.8 Å². The normalized spacial score (nSPS) is 17.9. The molecule has 1 fully saturated rings. The Balaban J connectivity index is 2.16. The van der Waals surface area contributed by atoms with E-state index in [-0.39, 0.29) is 11.6 Å². The van der Waals surface area contributed by atoms with Crippen molar-refractivity contribution in [3.63, 3.8) is 0 Å². The van der Waals surface area contributed by atoms with Crippen molar-refractivity contribution in [2.24, 2.45) is 5.92 Å². The molecule has 1 aliphatic heterocycles. The van der Waals surface area contributed by atoms with E-state index >= 15 is 0 Å². The summed E-state index contributed by atoms with van der Waals surface area (Å²) < 4.78 is 40.6. The van der Waals surface area contributed by atoms with Crippen molar-refractivity contribution >= 4 is 11.8 Å². The van der Waals surface area contributed by atoms with Crippen LogP contribution in [0, 0.1) is 23.4 Å². The summed E-state index contributed by atoms with van der Waals surface area (Å²) in [5, 5.41) is 3.28. The van der Waals surface area contributed by atoms with Gasteiger partial charge in [0.05, 0.1) is 0 Å². The summed E-state index contributed by atoms with van der Waals surface area (Å²) in [6.07, 6.45) is 3.92. The Bertz CT molecular complexity index is 461. The van der Waals surface area contributed by atoms with Gasteiger partial charge in [0.1, 0.15) is 0 Å². The van der Waals surface area contributed by atoms with E-state index in [1.54, 1.807) is 0 Å². The zero-order valence-corrected chi connectivity index (χ0v) is 13.1. The molecular weight excluding hydrogens is 295 g/mol. The van der Waals surface area contributed by atoms with Crippen LogP contribution in [-0.2, 0) is 0 Å². The summed E-state index contributed by atoms with van der Waals surface area (Å²) in [6.45, 7) is 2.77. The highest BCUT2D eigenvalue weighted by molar-refractivity contribution is 7.99. The summed E-state index contributed by atoms with van der Waals surface area (Å²) >= 11 is 1.94. The molecule has 1 nitrogen and oxygen atoms in total. The number of halogens is 3. The Morgan fingerprint density at radius 3 is 2.57 bits per heavy atom. The van der Waals surface area contributed by atoms with E-state index in [0.29, 0.717) is 5.92 Å². The van der Waals surface area contributed by atoms with Crippen LogP contribution in [0.3, 0.4) is 0 Å². The van der Waals surface area contributed by atoms with Gasteiger partial charge in [0, 0.05) is 11.6 Å². The number of nitrogens with one attached hydrogen (secondary N) is 1. The summed E-state index contributed by atoms with van der Waals surface area (Å²) in [6, 6.07) is 2.15. The molecule has 1 saturated heterocycles. The third-order valence-corrected chi connectivity index (χ3v) is 5.04. The van der Waals surface area contributed by atoms with Crippen LogP contribution in [0.25, 0.3) is 0 Å². The molecule has 1 heterocycles. The summed E-state index contributed by atoms with van der Waals surface area (Å²) in [5.41, 5.74) is 0.251. The fraction of sp³-hybridized carbons (Fsp3) is 0.625. The van der Waals surface area contributed by atoms with Gasteiger partial charge in [-0.25, -0.2) is 13.2 Å². The lowest BCUT2D eigenvalue weighted by molar-refractivity contribution is 0.355. The monoisotopic (exact) mass is 317 g/mol. The number of hydrogen-bond acceptors (Lipinski definition) is 2. The first-order chi connectivity index (χ1) is 10.1. The molecule has 1 N–H and O–H groups in total. The molecule has 1 aromatic carbocycles. The van der Waals surface area contributed by atoms with Gasteiger partial charge >= 0.3 is 0 Å². The number of hydrogen-bond donors (Lipinski definition) is 1. The fourth-order valence-corrected chi connectivity index (χ4v) is 3.97. The molecule has 5 heteroatoms. The topological polar surface area (TPSA) is 12.0 Å². The maximum Gasteiger partial charge on any atom is 0.194 e. The minimum absolute atomic E-state index is 0.242. The predicted octanol–water partition coefficient (Wildman–Crippen LogP) is 4.68. The minimum Gasteiger partial charge on any atom is -0.310 e. The van der Waals surface area contributed by atoms with Crippen molar-refractivity contribution in [1.29, 1.82) is 0 Å². The first-order valence-corrected chi connectivity index (χ1v) is 8.73. The van der Waals surface area contributed by atoms with Crippen LogP contribution < -0.4 is 5.32 Å². The minimum atomic E-state index is -1.37. The highest BCUT2D eigenvalue weighted by Gasteiger charge is 2.24. The Labute approximate surface area is 128 Å². The van der Waals surface area contributed by atoms with E-state index in [0.717, 1.165) is 49.8 Å². The Morgan fingerprint density at radius 2 is 1.90 bits per heavy atom. The SMILES string of the molecule is CCCNC(CC1CCSCC1)c1ccc(F)c(F)c1F. The molecule has 0 saturated carbocycles. The second-order valence-corrected chi connectivity index (χ2v) is 6.79. The predicted molar refractivity (Wildman–Crippen MR) is 82.0 cm³/mol. The lowest BCUT2D eigenvalue weighted by Gasteiger charge is -2.27. The molecule has 0 spiro atoms. The number of rotatable bonds is 6. The van der Waals surface area contributed by atoms with E-state index in [1.807, 2.05) is 18.7 Å². The highest BCUT2D eigenvalue weighted by atomic mass is 32.2. The van der Waals surface area contributed by atoms with Crippen LogP contribution in [0.1, 0.15) is 44.2 Å². The van der Waals surface area contributed by atoms with Gasteiger partial charge in [-0.1, -0.05) is 13.0 Å². The molecule has 118 valence electrons. The van der Waals surface area contributed by atoms with Crippen molar-refractivity contribution in [2.75, 3.05) is 18.1 Å². The van der Waals surface area contributed by atoms with Crippen LogP contribution in [0.5, 0.6) is 0 Å². The van der Waals surface area contributed by atoms with Crippen molar-refractivity contribution in [3.8, 4) is 0 Å². The van der Waals surface area contributed by atoms with Crippen molar-refractivity contribution < 1.29 is 13.2 Å². The molecule has 0 aliphatic carbocycles. The first-order valence-electron chi connectivity index (χ1n) is 7.58. The molecule has 0 amide bonds. The molecular formula is C16H22F3NS. The van der Waals surface area contributed by atoms with Gasteiger partial charge in [0.2, 0.25) is 0 Å². The Hall–Kier alpha value is -0.680. The second-order valence-electron chi connectivity index (χ2n) is 5.56. The molecule has 0 aromatic heterocycles. The highest BCUT2D eigenvalue weighted by Crippen LogP contribution is 2.32. The molecule has 1 atom stereocenters. The van der Waals surface area contributed by atoms with Crippen molar-refractivity contribution in [1.82, 2.24) is 5.32 Å². The van der Waals surface area contributed by atoms with Gasteiger partial charge in [0.25, 0.3) is 0 Å². The third kappa shape index (κ3) is 4.39. The molecule has 1 aliphatic rings.